The minimum absolute atomic E-state index is 0.635. The first-order chi connectivity index (χ1) is 6.65. The van der Waals surface area contributed by atoms with Gasteiger partial charge in [-0.25, -0.2) is 0 Å². The zero-order valence-corrected chi connectivity index (χ0v) is 9.53. The van der Waals surface area contributed by atoms with Gasteiger partial charge in [-0.15, -0.1) is 0 Å². The number of rotatable bonds is 2. The lowest BCUT2D eigenvalue weighted by Crippen LogP contribution is -2.24. The maximum absolute atomic E-state index is 8.52. The van der Waals surface area contributed by atoms with Crippen molar-refractivity contribution >= 4 is 0 Å². The number of hydrogen-bond donors (Lipinski definition) is 0. The minimum atomic E-state index is 0.635. The average Bonchev–Trinajstić information content (AvgIpc) is 2.16. The number of hydrogen-bond acceptors (Lipinski definition) is 1. The van der Waals surface area contributed by atoms with Crippen molar-refractivity contribution < 1.29 is 0 Å². The van der Waals surface area contributed by atoms with E-state index in [4.69, 9.17) is 5.26 Å². The quantitative estimate of drug-likeness (QED) is 0.609. The molecule has 1 aliphatic rings. The third-order valence-corrected chi connectivity index (χ3v) is 3.66. The van der Waals surface area contributed by atoms with Crippen molar-refractivity contribution in [3.63, 3.8) is 0 Å². The Balaban J connectivity index is 2.56. The van der Waals surface area contributed by atoms with Gasteiger partial charge in [-0.1, -0.05) is 26.8 Å². The highest BCUT2D eigenvalue weighted by molar-refractivity contribution is 5.05. The van der Waals surface area contributed by atoms with Crippen LogP contribution in [0.15, 0.2) is 12.2 Å². The van der Waals surface area contributed by atoms with Gasteiger partial charge in [-0.05, 0) is 42.9 Å². The van der Waals surface area contributed by atoms with Crippen LogP contribution in [0.2, 0.25) is 0 Å². The first kappa shape index (κ1) is 11.3. The van der Waals surface area contributed by atoms with Crippen molar-refractivity contribution in [2.45, 2.75) is 40.0 Å². The van der Waals surface area contributed by atoms with E-state index in [0.29, 0.717) is 5.92 Å². The molecule has 14 heavy (non-hydrogen) atoms. The molecule has 0 aromatic heterocycles. The van der Waals surface area contributed by atoms with Crippen LogP contribution in [0.4, 0.5) is 0 Å². The molecule has 0 bridgehead atoms. The lowest BCUT2D eigenvalue weighted by atomic mass is 9.71. The fourth-order valence-electron chi connectivity index (χ4n) is 2.43. The number of allylic oxidation sites excluding steroid dienone is 2. The third-order valence-electron chi connectivity index (χ3n) is 3.66. The van der Waals surface area contributed by atoms with Gasteiger partial charge in [0.2, 0.25) is 0 Å². The van der Waals surface area contributed by atoms with Crippen LogP contribution < -0.4 is 0 Å². The molecule has 0 unspecified atom stereocenters. The molecule has 1 heteroatoms. The van der Waals surface area contributed by atoms with Crippen LogP contribution in [0.25, 0.3) is 0 Å². The minimum Gasteiger partial charge on any atom is -0.193 e. The monoisotopic (exact) mass is 191 g/mol. The Morgan fingerprint density at radius 2 is 2.07 bits per heavy atom. The number of nitriles is 1. The van der Waals surface area contributed by atoms with Crippen molar-refractivity contribution in [3.8, 4) is 6.07 Å². The molecular formula is C13H21N. The molecule has 1 rings (SSSR count). The Bertz CT molecular complexity index is 234. The van der Waals surface area contributed by atoms with Gasteiger partial charge in [0, 0.05) is 6.08 Å². The van der Waals surface area contributed by atoms with E-state index in [1.807, 2.05) is 0 Å². The van der Waals surface area contributed by atoms with E-state index in [2.05, 4.69) is 32.9 Å². The Morgan fingerprint density at radius 3 is 2.64 bits per heavy atom. The highest BCUT2D eigenvalue weighted by Crippen LogP contribution is 2.37. The molecule has 0 heterocycles. The molecule has 1 saturated carbocycles. The third kappa shape index (κ3) is 2.87. The van der Waals surface area contributed by atoms with Crippen molar-refractivity contribution in [2.75, 3.05) is 0 Å². The van der Waals surface area contributed by atoms with Crippen molar-refractivity contribution in [1.29, 1.82) is 5.26 Å². The topological polar surface area (TPSA) is 23.8 Å². The SMILES string of the molecule is CC(C)[C@H]1CC[C@@H](C)[C@H](C=CC#N)C1. The predicted molar refractivity (Wildman–Crippen MR) is 59.6 cm³/mol. The summed E-state index contributed by atoms with van der Waals surface area (Å²) < 4.78 is 0. The van der Waals surface area contributed by atoms with Gasteiger partial charge in [0.25, 0.3) is 0 Å². The molecule has 0 aromatic rings. The standard InChI is InChI=1S/C13H21N/c1-10(2)12-7-6-11(3)13(9-12)5-4-8-14/h4-5,10-13H,6-7,9H2,1-3H3/t11-,12+,13-/m1/s1. The first-order valence-corrected chi connectivity index (χ1v) is 5.71. The molecular weight excluding hydrogens is 170 g/mol. The molecule has 0 aliphatic heterocycles. The Morgan fingerprint density at radius 1 is 1.36 bits per heavy atom. The van der Waals surface area contributed by atoms with Gasteiger partial charge in [0.05, 0.1) is 6.07 Å². The molecule has 0 saturated heterocycles. The molecule has 0 spiro atoms. The van der Waals surface area contributed by atoms with Crippen LogP contribution in [0.3, 0.4) is 0 Å². The van der Waals surface area contributed by atoms with E-state index < -0.39 is 0 Å². The summed E-state index contributed by atoms with van der Waals surface area (Å²) in [5.74, 6) is 3.05. The Labute approximate surface area is 87.8 Å². The zero-order chi connectivity index (χ0) is 10.6. The molecule has 0 N–H and O–H groups in total. The van der Waals surface area contributed by atoms with Gasteiger partial charge in [0.1, 0.15) is 0 Å². The van der Waals surface area contributed by atoms with Gasteiger partial charge in [-0.3, -0.25) is 0 Å². The summed E-state index contributed by atoms with van der Waals surface area (Å²) in [6, 6.07) is 2.10. The summed E-state index contributed by atoms with van der Waals surface area (Å²) in [7, 11) is 0. The molecule has 78 valence electrons. The second-order valence-corrected chi connectivity index (χ2v) is 4.95. The van der Waals surface area contributed by atoms with E-state index in [9.17, 15) is 0 Å². The Hall–Kier alpha value is -0.770. The summed E-state index contributed by atoms with van der Waals surface area (Å²) in [6.45, 7) is 6.93. The molecule has 1 nitrogen and oxygen atoms in total. The lowest BCUT2D eigenvalue weighted by Gasteiger charge is -2.34. The second-order valence-electron chi connectivity index (χ2n) is 4.95. The molecule has 0 radical (unpaired) electrons. The summed E-state index contributed by atoms with van der Waals surface area (Å²) in [6.07, 6.45) is 7.74. The van der Waals surface area contributed by atoms with Gasteiger partial charge < -0.3 is 0 Å². The summed E-state index contributed by atoms with van der Waals surface area (Å²) in [5.41, 5.74) is 0. The van der Waals surface area contributed by atoms with E-state index in [1.54, 1.807) is 6.08 Å². The lowest BCUT2D eigenvalue weighted by molar-refractivity contribution is 0.189. The van der Waals surface area contributed by atoms with Crippen molar-refractivity contribution in [2.24, 2.45) is 23.7 Å². The van der Waals surface area contributed by atoms with Gasteiger partial charge >= 0.3 is 0 Å². The number of nitrogens with zero attached hydrogens (tertiary/aromatic N) is 1. The van der Waals surface area contributed by atoms with Crippen LogP contribution in [0.1, 0.15) is 40.0 Å². The smallest absolute Gasteiger partial charge is 0.0908 e. The highest BCUT2D eigenvalue weighted by Gasteiger charge is 2.27. The van der Waals surface area contributed by atoms with Crippen LogP contribution in [0.5, 0.6) is 0 Å². The largest absolute Gasteiger partial charge is 0.193 e. The summed E-state index contributed by atoms with van der Waals surface area (Å²) in [4.78, 5) is 0. The second kappa shape index (κ2) is 5.20. The fraction of sp³-hybridized carbons (Fsp3) is 0.769. The highest BCUT2D eigenvalue weighted by atomic mass is 14.3. The zero-order valence-electron chi connectivity index (χ0n) is 9.53. The van der Waals surface area contributed by atoms with Crippen LogP contribution in [0, 0.1) is 35.0 Å². The van der Waals surface area contributed by atoms with Crippen molar-refractivity contribution in [3.05, 3.63) is 12.2 Å². The van der Waals surface area contributed by atoms with Gasteiger partial charge in [0.15, 0.2) is 0 Å². The molecule has 0 aromatic carbocycles. The molecule has 3 atom stereocenters. The van der Waals surface area contributed by atoms with E-state index in [0.717, 1.165) is 17.8 Å². The molecule has 1 aliphatic carbocycles. The average molecular weight is 191 g/mol. The maximum atomic E-state index is 8.52. The van der Waals surface area contributed by atoms with Crippen LogP contribution >= 0.6 is 0 Å². The normalized spacial score (nSPS) is 33.5. The summed E-state index contributed by atoms with van der Waals surface area (Å²) >= 11 is 0. The van der Waals surface area contributed by atoms with Crippen molar-refractivity contribution in [1.82, 2.24) is 0 Å². The fourth-order valence-corrected chi connectivity index (χ4v) is 2.43. The van der Waals surface area contributed by atoms with E-state index >= 15 is 0 Å². The molecule has 1 fully saturated rings. The van der Waals surface area contributed by atoms with Gasteiger partial charge in [-0.2, -0.15) is 5.26 Å². The first-order valence-electron chi connectivity index (χ1n) is 5.71. The van der Waals surface area contributed by atoms with E-state index in [1.165, 1.54) is 19.3 Å². The van der Waals surface area contributed by atoms with Crippen LogP contribution in [-0.4, -0.2) is 0 Å². The predicted octanol–water partition coefficient (Wildman–Crippen LogP) is 3.77. The maximum Gasteiger partial charge on any atom is 0.0908 e. The van der Waals surface area contributed by atoms with E-state index in [-0.39, 0.29) is 0 Å². The van der Waals surface area contributed by atoms with Crippen LogP contribution in [-0.2, 0) is 0 Å². The Kier molecular flexibility index (Phi) is 4.20. The summed E-state index contributed by atoms with van der Waals surface area (Å²) in [5, 5.41) is 8.52. The molecule has 0 amide bonds.